The second-order valence-electron chi connectivity index (χ2n) is 3.10. The summed E-state index contributed by atoms with van der Waals surface area (Å²) >= 11 is 0. The summed E-state index contributed by atoms with van der Waals surface area (Å²) in [4.78, 5) is 13.2. The predicted molar refractivity (Wildman–Crippen MR) is 53.4 cm³/mol. The lowest BCUT2D eigenvalue weighted by Gasteiger charge is -2.12. The van der Waals surface area contributed by atoms with Crippen LogP contribution in [0, 0.1) is 21.4 Å². The van der Waals surface area contributed by atoms with Crippen LogP contribution in [0.1, 0.15) is 5.69 Å². The summed E-state index contributed by atoms with van der Waals surface area (Å²) < 4.78 is 44.6. The van der Waals surface area contributed by atoms with Crippen LogP contribution in [-0.4, -0.2) is 23.4 Å². The number of ether oxygens (including phenoxy) is 2. The zero-order valence-electron chi connectivity index (χ0n) is 9.39. The lowest BCUT2D eigenvalue weighted by Crippen LogP contribution is -2.19. The Morgan fingerprint density at radius 2 is 2.21 bits per heavy atom. The van der Waals surface area contributed by atoms with Gasteiger partial charge in [-0.15, -0.1) is 13.2 Å². The fourth-order valence-corrected chi connectivity index (χ4v) is 1.20. The third kappa shape index (κ3) is 3.70. The van der Waals surface area contributed by atoms with Crippen LogP contribution in [0.4, 0.5) is 18.9 Å². The number of nitriles is 1. The number of hydrogen-bond donors (Lipinski definition) is 0. The Balaban J connectivity index is 3.37. The van der Waals surface area contributed by atoms with Crippen LogP contribution < -0.4 is 9.47 Å². The van der Waals surface area contributed by atoms with E-state index in [1.165, 1.54) is 0 Å². The molecule has 0 saturated heterocycles. The van der Waals surface area contributed by atoms with Gasteiger partial charge in [0.05, 0.1) is 30.6 Å². The van der Waals surface area contributed by atoms with Gasteiger partial charge >= 0.3 is 12.0 Å². The highest BCUT2D eigenvalue weighted by molar-refractivity contribution is 5.49. The molecule has 1 aromatic rings. The molecule has 1 heterocycles. The van der Waals surface area contributed by atoms with Crippen LogP contribution in [0.3, 0.4) is 0 Å². The number of halogens is 3. The summed E-state index contributed by atoms with van der Waals surface area (Å²) in [6, 6.07) is 2.09. The van der Waals surface area contributed by atoms with Gasteiger partial charge in [0.25, 0.3) is 5.88 Å². The molecule has 0 fully saturated rings. The molecule has 0 amide bonds. The fraction of sp³-hybridized carbons (Fsp3) is 0.333. The van der Waals surface area contributed by atoms with Crippen molar-refractivity contribution in [1.82, 2.24) is 4.98 Å². The standard InChI is InChI=1S/C9H6F3N3O4/c1-18-8-6(15(16)17)4-7(19-9(10,11)12)5(14-8)2-3-13/h4H,2H2,1H3. The van der Waals surface area contributed by atoms with E-state index in [4.69, 9.17) is 5.26 Å². The summed E-state index contributed by atoms with van der Waals surface area (Å²) in [6.07, 6.45) is -5.56. The molecular weight excluding hydrogens is 271 g/mol. The third-order valence-electron chi connectivity index (χ3n) is 1.87. The summed E-state index contributed by atoms with van der Waals surface area (Å²) in [7, 11) is 1.07. The number of nitrogens with zero attached hydrogens (tertiary/aromatic N) is 3. The summed E-state index contributed by atoms with van der Waals surface area (Å²) in [6.45, 7) is 0. The van der Waals surface area contributed by atoms with Crippen LogP contribution in [0.15, 0.2) is 6.07 Å². The van der Waals surface area contributed by atoms with E-state index in [2.05, 4.69) is 14.5 Å². The van der Waals surface area contributed by atoms with Gasteiger partial charge in [-0.2, -0.15) is 5.26 Å². The second-order valence-corrected chi connectivity index (χ2v) is 3.10. The molecule has 7 nitrogen and oxygen atoms in total. The molecule has 0 unspecified atom stereocenters. The monoisotopic (exact) mass is 277 g/mol. The zero-order valence-corrected chi connectivity index (χ0v) is 9.39. The molecule has 1 aromatic heterocycles. The van der Waals surface area contributed by atoms with E-state index in [1.54, 1.807) is 6.07 Å². The molecule has 0 aromatic carbocycles. The van der Waals surface area contributed by atoms with E-state index in [1.807, 2.05) is 0 Å². The van der Waals surface area contributed by atoms with Gasteiger partial charge in [-0.1, -0.05) is 0 Å². The molecule has 19 heavy (non-hydrogen) atoms. The van der Waals surface area contributed by atoms with Gasteiger partial charge in [-0.25, -0.2) is 4.98 Å². The Hall–Kier alpha value is -2.57. The van der Waals surface area contributed by atoms with E-state index < -0.39 is 40.7 Å². The van der Waals surface area contributed by atoms with Crippen molar-refractivity contribution in [3.05, 3.63) is 21.9 Å². The Bertz CT molecular complexity index is 539. The van der Waals surface area contributed by atoms with Crippen molar-refractivity contribution in [3.63, 3.8) is 0 Å². The first-order chi connectivity index (χ1) is 8.78. The summed E-state index contributed by atoms with van der Waals surface area (Å²) in [5.41, 5.74) is -1.19. The number of methoxy groups -OCH3 is 1. The topological polar surface area (TPSA) is 98.3 Å². The van der Waals surface area contributed by atoms with E-state index in [0.717, 1.165) is 7.11 Å². The van der Waals surface area contributed by atoms with Crippen LogP contribution >= 0.6 is 0 Å². The van der Waals surface area contributed by atoms with Gasteiger partial charge in [0.1, 0.15) is 5.69 Å². The molecule has 10 heteroatoms. The summed E-state index contributed by atoms with van der Waals surface area (Å²) in [5, 5.41) is 19.1. The van der Waals surface area contributed by atoms with Crippen LogP contribution in [0.2, 0.25) is 0 Å². The minimum atomic E-state index is -5.05. The molecule has 0 saturated carbocycles. The largest absolute Gasteiger partial charge is 0.573 e. The number of alkyl halides is 3. The van der Waals surface area contributed by atoms with Crippen molar-refractivity contribution in [2.45, 2.75) is 12.8 Å². The van der Waals surface area contributed by atoms with Crippen LogP contribution in [-0.2, 0) is 6.42 Å². The molecule has 102 valence electrons. The lowest BCUT2D eigenvalue weighted by atomic mass is 10.2. The third-order valence-corrected chi connectivity index (χ3v) is 1.87. The first-order valence-corrected chi connectivity index (χ1v) is 4.63. The minimum absolute atomic E-state index is 0.401. The second kappa shape index (κ2) is 5.38. The maximum absolute atomic E-state index is 12.1. The van der Waals surface area contributed by atoms with E-state index in [-0.39, 0.29) is 0 Å². The van der Waals surface area contributed by atoms with Crippen molar-refractivity contribution in [3.8, 4) is 17.7 Å². The van der Waals surface area contributed by atoms with Gasteiger partial charge in [0.15, 0.2) is 5.75 Å². The van der Waals surface area contributed by atoms with Crippen molar-refractivity contribution in [1.29, 1.82) is 5.26 Å². The van der Waals surface area contributed by atoms with E-state index in [0.29, 0.717) is 6.07 Å². The van der Waals surface area contributed by atoms with Gasteiger partial charge in [0, 0.05) is 0 Å². The van der Waals surface area contributed by atoms with E-state index >= 15 is 0 Å². The number of nitro groups is 1. The van der Waals surface area contributed by atoms with Crippen molar-refractivity contribution >= 4 is 5.69 Å². The molecule has 0 atom stereocenters. The Kier molecular flexibility index (Phi) is 4.11. The molecule has 0 aliphatic heterocycles. The van der Waals surface area contributed by atoms with Crippen molar-refractivity contribution < 1.29 is 27.6 Å². The summed E-state index contributed by atoms with van der Waals surface area (Å²) in [5.74, 6) is -1.40. The molecule has 0 bridgehead atoms. The van der Waals surface area contributed by atoms with Crippen molar-refractivity contribution in [2.24, 2.45) is 0 Å². The van der Waals surface area contributed by atoms with Gasteiger partial charge in [-0.05, 0) is 0 Å². The molecule has 0 aliphatic carbocycles. The molecular formula is C9H6F3N3O4. The minimum Gasteiger partial charge on any atom is -0.476 e. The SMILES string of the molecule is COc1nc(CC#N)c(OC(F)(F)F)cc1[N+](=O)[O-]. The van der Waals surface area contributed by atoms with Gasteiger partial charge in [0.2, 0.25) is 0 Å². The first kappa shape index (κ1) is 14.5. The quantitative estimate of drug-likeness (QED) is 0.616. The fourth-order valence-electron chi connectivity index (χ4n) is 1.20. The number of aromatic nitrogens is 1. The van der Waals surface area contributed by atoms with Gasteiger partial charge < -0.3 is 9.47 Å². The zero-order chi connectivity index (χ0) is 14.6. The Morgan fingerprint density at radius 3 is 2.63 bits per heavy atom. The average molecular weight is 277 g/mol. The highest BCUT2D eigenvalue weighted by atomic mass is 19.4. The Morgan fingerprint density at radius 1 is 1.58 bits per heavy atom. The molecule has 0 radical (unpaired) electrons. The van der Waals surface area contributed by atoms with Crippen LogP contribution in [0.25, 0.3) is 0 Å². The number of pyridine rings is 1. The lowest BCUT2D eigenvalue weighted by molar-refractivity contribution is -0.386. The number of hydrogen-bond acceptors (Lipinski definition) is 6. The number of rotatable bonds is 4. The Labute approximate surface area is 104 Å². The predicted octanol–water partition coefficient (Wildman–Crippen LogP) is 1.96. The smallest absolute Gasteiger partial charge is 0.476 e. The molecule has 0 aliphatic rings. The maximum atomic E-state index is 12.1. The highest BCUT2D eigenvalue weighted by Gasteiger charge is 2.34. The molecule has 0 N–H and O–H groups in total. The van der Waals surface area contributed by atoms with Crippen LogP contribution in [0.5, 0.6) is 11.6 Å². The van der Waals surface area contributed by atoms with Gasteiger partial charge in [-0.3, -0.25) is 10.1 Å². The maximum Gasteiger partial charge on any atom is 0.573 e. The normalized spacial score (nSPS) is 10.7. The molecule has 0 spiro atoms. The molecule has 1 rings (SSSR count). The highest BCUT2D eigenvalue weighted by Crippen LogP contribution is 2.34. The van der Waals surface area contributed by atoms with E-state index in [9.17, 15) is 23.3 Å². The first-order valence-electron chi connectivity index (χ1n) is 4.63. The average Bonchev–Trinajstić information content (AvgIpc) is 2.28. The van der Waals surface area contributed by atoms with Crippen molar-refractivity contribution in [2.75, 3.05) is 7.11 Å².